The van der Waals surface area contributed by atoms with Gasteiger partial charge in [0.25, 0.3) is 5.91 Å². The quantitative estimate of drug-likeness (QED) is 0.716. The molecule has 86 valence electrons. The number of halogens is 1. The van der Waals surface area contributed by atoms with Crippen molar-refractivity contribution in [1.82, 2.24) is 4.90 Å². The van der Waals surface area contributed by atoms with E-state index in [4.69, 9.17) is 0 Å². The molecule has 1 aromatic carbocycles. The number of amides is 1. The highest BCUT2D eigenvalue weighted by atomic mass is 19.1. The Bertz CT molecular complexity index is 369. The van der Waals surface area contributed by atoms with Crippen molar-refractivity contribution in [3.05, 3.63) is 41.7 Å². The lowest BCUT2D eigenvalue weighted by molar-refractivity contribution is -0.128. The van der Waals surface area contributed by atoms with Crippen molar-refractivity contribution >= 4 is 12.0 Å². The van der Waals surface area contributed by atoms with Crippen molar-refractivity contribution in [3.63, 3.8) is 0 Å². The first-order valence-corrected chi connectivity index (χ1v) is 5.40. The molecule has 3 heteroatoms. The van der Waals surface area contributed by atoms with Crippen molar-refractivity contribution in [2.45, 2.75) is 13.8 Å². The Balaban J connectivity index is 2.81. The van der Waals surface area contributed by atoms with Crippen LogP contribution in [-0.2, 0) is 4.79 Å². The third-order valence-corrected chi connectivity index (χ3v) is 2.35. The summed E-state index contributed by atoms with van der Waals surface area (Å²) in [6, 6.07) is 8.98. The van der Waals surface area contributed by atoms with Crippen LogP contribution in [-0.4, -0.2) is 23.9 Å². The lowest BCUT2D eigenvalue weighted by Crippen LogP contribution is -2.30. The molecule has 2 nitrogen and oxygen atoms in total. The molecule has 0 radical (unpaired) electrons. The smallest absolute Gasteiger partial charge is 0.282 e. The minimum absolute atomic E-state index is 0.519. The SMILES string of the molecule is CCN(CC)C(=O)/C(F)=C/c1ccccc1. The van der Waals surface area contributed by atoms with Crippen molar-refractivity contribution in [1.29, 1.82) is 0 Å². The van der Waals surface area contributed by atoms with Gasteiger partial charge in [-0.25, -0.2) is 4.39 Å². The highest BCUT2D eigenvalue weighted by Crippen LogP contribution is 2.10. The molecule has 0 aliphatic heterocycles. The van der Waals surface area contributed by atoms with Gasteiger partial charge in [-0.05, 0) is 25.5 Å². The molecule has 0 fully saturated rings. The number of carbonyl (C=O) groups is 1. The molecule has 0 saturated carbocycles. The van der Waals surface area contributed by atoms with Crippen LogP contribution < -0.4 is 0 Å². The van der Waals surface area contributed by atoms with Crippen LogP contribution in [0.1, 0.15) is 19.4 Å². The maximum Gasteiger partial charge on any atom is 0.282 e. The highest BCUT2D eigenvalue weighted by molar-refractivity contribution is 5.95. The summed E-state index contributed by atoms with van der Waals surface area (Å²) in [5.41, 5.74) is 0.695. The Morgan fingerprint density at radius 3 is 2.31 bits per heavy atom. The van der Waals surface area contributed by atoms with Crippen LogP contribution in [0, 0.1) is 0 Å². The van der Waals surface area contributed by atoms with Crippen LogP contribution in [0.25, 0.3) is 6.08 Å². The highest BCUT2D eigenvalue weighted by Gasteiger charge is 2.14. The van der Waals surface area contributed by atoms with Gasteiger partial charge in [0.15, 0.2) is 5.83 Å². The predicted molar refractivity (Wildman–Crippen MR) is 63.5 cm³/mol. The van der Waals surface area contributed by atoms with E-state index in [-0.39, 0.29) is 0 Å². The van der Waals surface area contributed by atoms with E-state index < -0.39 is 11.7 Å². The predicted octanol–water partition coefficient (Wildman–Crippen LogP) is 2.87. The molecule has 16 heavy (non-hydrogen) atoms. The summed E-state index contributed by atoms with van der Waals surface area (Å²) in [5.74, 6) is -1.26. The van der Waals surface area contributed by atoms with Crippen LogP contribution >= 0.6 is 0 Å². The summed E-state index contributed by atoms with van der Waals surface area (Å²) >= 11 is 0. The number of benzene rings is 1. The number of rotatable bonds is 4. The van der Waals surface area contributed by atoms with Gasteiger partial charge in [0.05, 0.1) is 0 Å². The summed E-state index contributed by atoms with van der Waals surface area (Å²) in [5, 5.41) is 0. The number of likely N-dealkylation sites (N-methyl/N-ethyl adjacent to an activating group) is 1. The number of hydrogen-bond donors (Lipinski definition) is 0. The van der Waals surface area contributed by atoms with Crippen LogP contribution in [0.4, 0.5) is 4.39 Å². The van der Waals surface area contributed by atoms with Crippen LogP contribution in [0.3, 0.4) is 0 Å². The van der Waals surface area contributed by atoms with Crippen molar-refractivity contribution in [3.8, 4) is 0 Å². The van der Waals surface area contributed by atoms with E-state index in [1.807, 2.05) is 19.9 Å². The average Bonchev–Trinajstić information content (AvgIpc) is 2.31. The first kappa shape index (κ1) is 12.4. The van der Waals surface area contributed by atoms with E-state index in [0.29, 0.717) is 18.7 Å². The Hall–Kier alpha value is -1.64. The molecule has 0 aliphatic carbocycles. The minimum atomic E-state index is -0.713. The molecule has 0 heterocycles. The molecule has 0 spiro atoms. The molecular weight excluding hydrogens is 205 g/mol. The summed E-state index contributed by atoms with van der Waals surface area (Å²) in [7, 11) is 0. The van der Waals surface area contributed by atoms with Gasteiger partial charge >= 0.3 is 0 Å². The molecule has 0 unspecified atom stereocenters. The van der Waals surface area contributed by atoms with Crippen molar-refractivity contribution < 1.29 is 9.18 Å². The Labute approximate surface area is 95.4 Å². The molecule has 1 aromatic rings. The van der Waals surface area contributed by atoms with Crippen LogP contribution in [0.2, 0.25) is 0 Å². The Kier molecular flexibility index (Phi) is 4.70. The molecular formula is C13H16FNO. The molecule has 0 N–H and O–H groups in total. The van der Waals surface area contributed by atoms with E-state index >= 15 is 0 Å². The van der Waals surface area contributed by atoms with Gasteiger partial charge in [-0.1, -0.05) is 30.3 Å². The third kappa shape index (κ3) is 3.19. The second kappa shape index (κ2) is 6.05. The van der Waals surface area contributed by atoms with Crippen LogP contribution in [0.5, 0.6) is 0 Å². The monoisotopic (exact) mass is 221 g/mol. The summed E-state index contributed by atoms with van der Waals surface area (Å²) in [6.07, 6.45) is 1.26. The molecule has 1 rings (SSSR count). The Morgan fingerprint density at radius 1 is 1.25 bits per heavy atom. The zero-order valence-electron chi connectivity index (χ0n) is 9.61. The van der Waals surface area contributed by atoms with Gasteiger partial charge < -0.3 is 4.90 Å². The third-order valence-electron chi connectivity index (χ3n) is 2.35. The standard InChI is InChI=1S/C13H16FNO/c1-3-15(4-2)13(16)12(14)10-11-8-6-5-7-9-11/h5-10H,3-4H2,1-2H3/b12-10-. The average molecular weight is 221 g/mol. The maximum absolute atomic E-state index is 13.6. The van der Waals surface area contributed by atoms with E-state index in [1.54, 1.807) is 24.3 Å². The second-order valence-corrected chi connectivity index (χ2v) is 3.38. The zero-order chi connectivity index (χ0) is 12.0. The first-order chi connectivity index (χ1) is 7.69. The number of nitrogens with zero attached hydrogens (tertiary/aromatic N) is 1. The summed E-state index contributed by atoms with van der Waals surface area (Å²) in [4.78, 5) is 13.0. The topological polar surface area (TPSA) is 20.3 Å². The van der Waals surface area contributed by atoms with E-state index in [2.05, 4.69) is 0 Å². The van der Waals surface area contributed by atoms with E-state index in [0.717, 1.165) is 0 Å². The number of hydrogen-bond acceptors (Lipinski definition) is 1. The minimum Gasteiger partial charge on any atom is -0.337 e. The molecule has 0 saturated heterocycles. The molecule has 0 bridgehead atoms. The van der Waals surface area contributed by atoms with Crippen molar-refractivity contribution in [2.24, 2.45) is 0 Å². The van der Waals surface area contributed by atoms with Gasteiger partial charge in [-0.3, -0.25) is 4.79 Å². The van der Waals surface area contributed by atoms with Gasteiger partial charge in [0.2, 0.25) is 0 Å². The van der Waals surface area contributed by atoms with Gasteiger partial charge in [0, 0.05) is 13.1 Å². The van der Waals surface area contributed by atoms with Gasteiger partial charge in [-0.15, -0.1) is 0 Å². The fourth-order valence-electron chi connectivity index (χ4n) is 1.42. The van der Waals surface area contributed by atoms with E-state index in [1.165, 1.54) is 11.0 Å². The zero-order valence-corrected chi connectivity index (χ0v) is 9.61. The van der Waals surface area contributed by atoms with Crippen LogP contribution in [0.15, 0.2) is 36.2 Å². The van der Waals surface area contributed by atoms with Crippen molar-refractivity contribution in [2.75, 3.05) is 13.1 Å². The molecule has 0 atom stereocenters. The largest absolute Gasteiger partial charge is 0.337 e. The molecule has 1 amide bonds. The molecule has 0 aromatic heterocycles. The number of carbonyl (C=O) groups excluding carboxylic acids is 1. The van der Waals surface area contributed by atoms with E-state index in [9.17, 15) is 9.18 Å². The summed E-state index contributed by atoms with van der Waals surface area (Å²) in [6.45, 7) is 4.70. The van der Waals surface area contributed by atoms with Gasteiger partial charge in [-0.2, -0.15) is 0 Å². The molecule has 0 aliphatic rings. The lowest BCUT2D eigenvalue weighted by atomic mass is 10.2. The second-order valence-electron chi connectivity index (χ2n) is 3.38. The normalized spacial score (nSPS) is 11.3. The lowest BCUT2D eigenvalue weighted by Gasteiger charge is -2.16. The fraction of sp³-hybridized carbons (Fsp3) is 0.308. The Morgan fingerprint density at radius 2 is 1.81 bits per heavy atom. The fourth-order valence-corrected chi connectivity index (χ4v) is 1.42. The first-order valence-electron chi connectivity index (χ1n) is 5.40. The maximum atomic E-state index is 13.6. The summed E-state index contributed by atoms with van der Waals surface area (Å²) < 4.78 is 13.6. The van der Waals surface area contributed by atoms with Gasteiger partial charge in [0.1, 0.15) is 0 Å².